The summed E-state index contributed by atoms with van der Waals surface area (Å²) >= 11 is 0. The second kappa shape index (κ2) is 6.80. The van der Waals surface area contributed by atoms with Gasteiger partial charge in [-0.3, -0.25) is 4.79 Å². The van der Waals surface area contributed by atoms with E-state index in [0.717, 1.165) is 5.56 Å². The summed E-state index contributed by atoms with van der Waals surface area (Å²) in [6.07, 6.45) is 0. The molecule has 0 radical (unpaired) electrons. The number of methoxy groups -OCH3 is 2. The summed E-state index contributed by atoms with van der Waals surface area (Å²) in [5.41, 5.74) is 6.64. The molecule has 0 aliphatic heterocycles. The molecule has 1 unspecified atom stereocenters. The van der Waals surface area contributed by atoms with Crippen molar-refractivity contribution in [2.45, 2.75) is 33.4 Å². The fourth-order valence-electron chi connectivity index (χ4n) is 2.02. The number of benzene rings is 1. The number of nitrogens with two attached hydrogens (primary N) is 1. The highest BCUT2D eigenvalue weighted by molar-refractivity contribution is 5.82. The van der Waals surface area contributed by atoms with Crippen LogP contribution in [-0.2, 0) is 11.3 Å². The van der Waals surface area contributed by atoms with Crippen LogP contribution in [0.2, 0.25) is 0 Å². The van der Waals surface area contributed by atoms with Gasteiger partial charge in [-0.2, -0.15) is 0 Å². The lowest BCUT2D eigenvalue weighted by Crippen LogP contribution is -2.48. The van der Waals surface area contributed by atoms with E-state index < -0.39 is 6.04 Å². The van der Waals surface area contributed by atoms with Crippen molar-refractivity contribution in [2.24, 2.45) is 11.1 Å². The van der Waals surface area contributed by atoms with Crippen LogP contribution >= 0.6 is 0 Å². The number of hydrogen-bond donors (Lipinski definition) is 1. The summed E-state index contributed by atoms with van der Waals surface area (Å²) < 4.78 is 10.6. The molecule has 1 amide bonds. The highest BCUT2D eigenvalue weighted by Gasteiger charge is 2.30. The van der Waals surface area contributed by atoms with Gasteiger partial charge in [0.05, 0.1) is 20.3 Å². The number of para-hydroxylation sites is 1. The van der Waals surface area contributed by atoms with Gasteiger partial charge >= 0.3 is 0 Å². The van der Waals surface area contributed by atoms with E-state index in [2.05, 4.69) is 0 Å². The molecule has 0 bridgehead atoms. The molecule has 0 spiro atoms. The molecule has 0 saturated heterocycles. The average molecular weight is 294 g/mol. The van der Waals surface area contributed by atoms with Gasteiger partial charge in [0.1, 0.15) is 0 Å². The fourth-order valence-corrected chi connectivity index (χ4v) is 2.02. The number of rotatable bonds is 5. The van der Waals surface area contributed by atoms with Crippen LogP contribution in [0.3, 0.4) is 0 Å². The molecular weight excluding hydrogens is 268 g/mol. The van der Waals surface area contributed by atoms with E-state index >= 15 is 0 Å². The SMILES string of the molecule is COc1cccc(CN(C)C(=O)C(N)C(C)(C)C)c1OC. The number of hydrogen-bond acceptors (Lipinski definition) is 4. The van der Waals surface area contributed by atoms with Gasteiger partial charge in [-0.25, -0.2) is 0 Å². The molecule has 1 rings (SSSR count). The Morgan fingerprint density at radius 2 is 1.90 bits per heavy atom. The van der Waals surface area contributed by atoms with Crippen LogP contribution in [0.4, 0.5) is 0 Å². The Morgan fingerprint density at radius 1 is 1.29 bits per heavy atom. The molecule has 0 heterocycles. The minimum Gasteiger partial charge on any atom is -0.493 e. The van der Waals surface area contributed by atoms with Gasteiger partial charge in [0.15, 0.2) is 11.5 Å². The molecule has 118 valence electrons. The van der Waals surface area contributed by atoms with E-state index in [9.17, 15) is 4.79 Å². The van der Waals surface area contributed by atoms with Crippen molar-refractivity contribution in [3.63, 3.8) is 0 Å². The number of nitrogens with zero attached hydrogens (tertiary/aromatic N) is 1. The third-order valence-electron chi connectivity index (χ3n) is 3.47. The highest BCUT2D eigenvalue weighted by atomic mass is 16.5. The molecular formula is C16H26N2O3. The maximum absolute atomic E-state index is 12.4. The fraction of sp³-hybridized carbons (Fsp3) is 0.562. The van der Waals surface area contributed by atoms with Gasteiger partial charge in [0, 0.05) is 19.2 Å². The van der Waals surface area contributed by atoms with Crippen LogP contribution in [0.25, 0.3) is 0 Å². The van der Waals surface area contributed by atoms with Gasteiger partial charge in [0.25, 0.3) is 0 Å². The minimum atomic E-state index is -0.542. The van der Waals surface area contributed by atoms with Crippen LogP contribution in [0.5, 0.6) is 11.5 Å². The Labute approximate surface area is 127 Å². The molecule has 1 aromatic rings. The van der Waals surface area contributed by atoms with Crippen molar-refractivity contribution in [2.75, 3.05) is 21.3 Å². The molecule has 0 saturated carbocycles. The smallest absolute Gasteiger partial charge is 0.240 e. The highest BCUT2D eigenvalue weighted by Crippen LogP contribution is 2.31. The monoisotopic (exact) mass is 294 g/mol. The van der Waals surface area contributed by atoms with Crippen molar-refractivity contribution in [3.8, 4) is 11.5 Å². The Kier molecular flexibility index (Phi) is 5.61. The van der Waals surface area contributed by atoms with E-state index in [0.29, 0.717) is 18.0 Å². The number of carbonyl (C=O) groups is 1. The molecule has 5 nitrogen and oxygen atoms in total. The maximum Gasteiger partial charge on any atom is 0.240 e. The summed E-state index contributed by atoms with van der Waals surface area (Å²) in [6.45, 7) is 6.28. The predicted octanol–water partition coefficient (Wildman–Crippen LogP) is 2.04. The lowest BCUT2D eigenvalue weighted by molar-refractivity contribution is -0.134. The molecule has 21 heavy (non-hydrogen) atoms. The molecule has 1 aromatic carbocycles. The maximum atomic E-state index is 12.4. The van der Waals surface area contributed by atoms with Crippen LogP contribution < -0.4 is 15.2 Å². The van der Waals surface area contributed by atoms with Crippen LogP contribution in [0.15, 0.2) is 18.2 Å². The minimum absolute atomic E-state index is 0.0904. The second-order valence-electron chi connectivity index (χ2n) is 6.19. The predicted molar refractivity (Wildman–Crippen MR) is 83.5 cm³/mol. The van der Waals surface area contributed by atoms with Gasteiger partial charge < -0.3 is 20.1 Å². The van der Waals surface area contributed by atoms with E-state index in [4.69, 9.17) is 15.2 Å². The molecule has 2 N–H and O–H groups in total. The lowest BCUT2D eigenvalue weighted by atomic mass is 9.86. The first-order valence-corrected chi connectivity index (χ1v) is 6.92. The Hall–Kier alpha value is -1.75. The van der Waals surface area contributed by atoms with Gasteiger partial charge in [-0.1, -0.05) is 32.9 Å². The number of likely N-dealkylation sites (N-methyl/N-ethyl adjacent to an activating group) is 1. The zero-order valence-electron chi connectivity index (χ0n) is 13.8. The molecule has 0 aliphatic rings. The summed E-state index contributed by atoms with van der Waals surface area (Å²) in [6, 6.07) is 5.07. The van der Waals surface area contributed by atoms with Crippen molar-refractivity contribution in [1.29, 1.82) is 0 Å². The first-order valence-electron chi connectivity index (χ1n) is 6.92. The third kappa shape index (κ3) is 4.11. The van der Waals surface area contributed by atoms with Gasteiger partial charge in [-0.15, -0.1) is 0 Å². The summed E-state index contributed by atoms with van der Waals surface area (Å²) in [5, 5.41) is 0. The zero-order chi connectivity index (χ0) is 16.2. The standard InChI is InChI=1S/C16H26N2O3/c1-16(2,3)14(17)15(19)18(4)10-11-8-7-9-12(20-5)13(11)21-6/h7-9,14H,10,17H2,1-6H3. The summed E-state index contributed by atoms with van der Waals surface area (Å²) in [5.74, 6) is 1.20. The number of carbonyl (C=O) groups excluding carboxylic acids is 1. The number of amides is 1. The topological polar surface area (TPSA) is 64.8 Å². The molecule has 5 heteroatoms. The Morgan fingerprint density at radius 3 is 2.38 bits per heavy atom. The van der Waals surface area contributed by atoms with Crippen molar-refractivity contribution < 1.29 is 14.3 Å². The van der Waals surface area contributed by atoms with E-state index in [1.807, 2.05) is 39.0 Å². The van der Waals surface area contributed by atoms with Crippen LogP contribution in [0.1, 0.15) is 26.3 Å². The van der Waals surface area contributed by atoms with Gasteiger partial charge in [-0.05, 0) is 11.5 Å². The van der Waals surface area contributed by atoms with E-state index in [1.54, 1.807) is 26.2 Å². The van der Waals surface area contributed by atoms with Crippen LogP contribution in [-0.4, -0.2) is 38.1 Å². The lowest BCUT2D eigenvalue weighted by Gasteiger charge is -2.30. The van der Waals surface area contributed by atoms with Crippen molar-refractivity contribution in [1.82, 2.24) is 4.90 Å². The Balaban J connectivity index is 2.94. The quantitative estimate of drug-likeness (QED) is 0.902. The molecule has 1 atom stereocenters. The van der Waals surface area contributed by atoms with Gasteiger partial charge in [0.2, 0.25) is 5.91 Å². The zero-order valence-corrected chi connectivity index (χ0v) is 13.8. The third-order valence-corrected chi connectivity index (χ3v) is 3.47. The van der Waals surface area contributed by atoms with Crippen LogP contribution in [0, 0.1) is 5.41 Å². The van der Waals surface area contributed by atoms with Crippen molar-refractivity contribution in [3.05, 3.63) is 23.8 Å². The average Bonchev–Trinajstić information content (AvgIpc) is 2.44. The first kappa shape index (κ1) is 17.3. The first-order chi connectivity index (χ1) is 9.72. The second-order valence-corrected chi connectivity index (χ2v) is 6.19. The van der Waals surface area contributed by atoms with Crippen molar-refractivity contribution >= 4 is 5.91 Å². The normalized spacial score (nSPS) is 12.7. The molecule has 0 fully saturated rings. The largest absolute Gasteiger partial charge is 0.493 e. The summed E-state index contributed by atoms with van der Waals surface area (Å²) in [4.78, 5) is 14.0. The number of ether oxygens (including phenoxy) is 2. The molecule has 0 aromatic heterocycles. The van der Waals surface area contributed by atoms with E-state index in [-0.39, 0.29) is 11.3 Å². The van der Waals surface area contributed by atoms with E-state index in [1.165, 1.54) is 0 Å². The Bertz CT molecular complexity index is 495. The molecule has 0 aliphatic carbocycles. The summed E-state index contributed by atoms with van der Waals surface area (Å²) in [7, 11) is 4.92.